The molecule has 9 heteroatoms. The topological polar surface area (TPSA) is 88.6 Å². The highest BCUT2D eigenvalue weighted by molar-refractivity contribution is 7.89. The number of amides is 1. The number of carbonyl (C=O) groups is 1. The zero-order chi connectivity index (χ0) is 22.4. The number of carbonyl (C=O) groups excluding carboxylic acids is 1. The van der Waals surface area contributed by atoms with Gasteiger partial charge in [0.1, 0.15) is 17.3 Å². The van der Waals surface area contributed by atoms with Gasteiger partial charge in [0.15, 0.2) is 0 Å². The molecule has 0 aliphatic rings. The van der Waals surface area contributed by atoms with Gasteiger partial charge in [-0.2, -0.15) is 0 Å². The van der Waals surface area contributed by atoms with Crippen LogP contribution in [0.2, 0.25) is 0 Å². The predicted molar refractivity (Wildman–Crippen MR) is 123 cm³/mol. The lowest BCUT2D eigenvalue weighted by Gasteiger charge is -2.15. The van der Waals surface area contributed by atoms with E-state index in [1.807, 2.05) is 36.6 Å². The Morgan fingerprint density at radius 2 is 1.87 bits per heavy atom. The lowest BCUT2D eigenvalue weighted by Crippen LogP contribution is -2.24. The van der Waals surface area contributed by atoms with Crippen LogP contribution in [0, 0.1) is 6.92 Å². The third-order valence-electron chi connectivity index (χ3n) is 4.28. The minimum atomic E-state index is -3.69. The molecule has 0 fully saturated rings. The molecule has 0 aliphatic carbocycles. The number of sulfonamides is 1. The number of nitrogens with zero attached hydrogens (tertiary/aromatic N) is 2. The summed E-state index contributed by atoms with van der Waals surface area (Å²) in [6.07, 6.45) is 2.97. The van der Waals surface area contributed by atoms with Crippen LogP contribution in [0.15, 0.2) is 64.9 Å². The van der Waals surface area contributed by atoms with E-state index in [1.54, 1.807) is 35.6 Å². The van der Waals surface area contributed by atoms with Crippen LogP contribution in [0.5, 0.6) is 5.75 Å². The summed E-state index contributed by atoms with van der Waals surface area (Å²) in [5.41, 5.74) is 1.78. The molecule has 3 aromatic rings. The third kappa shape index (κ3) is 5.78. The van der Waals surface area contributed by atoms with E-state index >= 15 is 0 Å². The van der Waals surface area contributed by atoms with E-state index < -0.39 is 15.9 Å². The molecule has 1 heterocycles. The van der Waals surface area contributed by atoms with Crippen molar-refractivity contribution in [2.45, 2.75) is 18.4 Å². The van der Waals surface area contributed by atoms with Crippen molar-refractivity contribution in [3.8, 4) is 5.75 Å². The summed E-state index contributed by atoms with van der Waals surface area (Å²) in [6.45, 7) is 2.27. The molecule has 0 aliphatic heterocycles. The first-order valence-electron chi connectivity index (χ1n) is 9.41. The largest absolute Gasteiger partial charge is 0.487 e. The number of ether oxygens (including phenoxy) is 1. The van der Waals surface area contributed by atoms with Crippen molar-refractivity contribution in [1.29, 1.82) is 0 Å². The molecular weight excluding hydrogens is 434 g/mol. The second kappa shape index (κ2) is 9.86. The van der Waals surface area contributed by atoms with Gasteiger partial charge in [0, 0.05) is 31.1 Å². The first kappa shape index (κ1) is 22.7. The molecule has 31 heavy (non-hydrogen) atoms. The number of thiazole rings is 1. The van der Waals surface area contributed by atoms with Gasteiger partial charge in [-0.05, 0) is 31.2 Å². The van der Waals surface area contributed by atoms with Crippen LogP contribution in [0.1, 0.15) is 16.3 Å². The second-order valence-corrected chi connectivity index (χ2v) is 9.97. The maximum absolute atomic E-state index is 12.5. The Hall–Kier alpha value is -3.01. The number of rotatable bonds is 8. The van der Waals surface area contributed by atoms with Crippen molar-refractivity contribution >= 4 is 39.0 Å². The molecule has 1 amide bonds. The Bertz CT molecular complexity index is 1200. The van der Waals surface area contributed by atoms with Gasteiger partial charge in [-0.15, -0.1) is 11.3 Å². The smallest absolute Gasteiger partial charge is 0.248 e. The highest BCUT2D eigenvalue weighted by atomic mass is 32.2. The number of anilines is 1. The highest BCUT2D eigenvalue weighted by Crippen LogP contribution is 2.24. The van der Waals surface area contributed by atoms with E-state index in [4.69, 9.17) is 4.74 Å². The van der Waals surface area contributed by atoms with Crippen molar-refractivity contribution < 1.29 is 17.9 Å². The molecule has 0 unspecified atom stereocenters. The fourth-order valence-electron chi connectivity index (χ4n) is 2.71. The molecule has 0 saturated carbocycles. The van der Waals surface area contributed by atoms with Crippen LogP contribution < -0.4 is 10.1 Å². The lowest BCUT2D eigenvalue weighted by atomic mass is 10.2. The molecule has 0 atom stereocenters. The second-order valence-electron chi connectivity index (χ2n) is 6.79. The highest BCUT2D eigenvalue weighted by Gasteiger charge is 2.21. The van der Waals surface area contributed by atoms with Gasteiger partial charge in [-0.25, -0.2) is 17.7 Å². The van der Waals surface area contributed by atoms with E-state index in [1.165, 1.54) is 26.2 Å². The van der Waals surface area contributed by atoms with Gasteiger partial charge in [0.25, 0.3) is 0 Å². The van der Waals surface area contributed by atoms with Crippen LogP contribution >= 0.6 is 11.3 Å². The monoisotopic (exact) mass is 457 g/mol. The Labute approximate surface area is 186 Å². The Morgan fingerprint density at radius 3 is 2.58 bits per heavy atom. The Balaban J connectivity index is 1.73. The van der Waals surface area contributed by atoms with Crippen molar-refractivity contribution in [2.24, 2.45) is 0 Å². The molecular formula is C22H23N3O4S2. The molecule has 7 nitrogen and oxygen atoms in total. The fraction of sp³-hybridized carbons (Fsp3) is 0.182. The predicted octanol–water partition coefficient (Wildman–Crippen LogP) is 3.93. The van der Waals surface area contributed by atoms with Crippen molar-refractivity contribution in [2.75, 3.05) is 19.4 Å². The molecule has 3 rings (SSSR count). The lowest BCUT2D eigenvalue weighted by molar-refractivity contribution is -0.111. The van der Waals surface area contributed by atoms with Crippen molar-refractivity contribution in [3.63, 3.8) is 0 Å². The van der Waals surface area contributed by atoms with Crippen molar-refractivity contribution in [1.82, 2.24) is 9.29 Å². The summed E-state index contributed by atoms with van der Waals surface area (Å²) in [7, 11) is -0.805. The fourth-order valence-corrected chi connectivity index (χ4v) is 4.35. The summed E-state index contributed by atoms with van der Waals surface area (Å²) in [5, 5.41) is 5.56. The zero-order valence-electron chi connectivity index (χ0n) is 17.4. The van der Waals surface area contributed by atoms with Crippen LogP contribution in [0.3, 0.4) is 0 Å². The number of hydrogen-bond acceptors (Lipinski definition) is 6. The van der Waals surface area contributed by atoms with Gasteiger partial charge in [-0.3, -0.25) is 4.79 Å². The number of aromatic nitrogens is 1. The molecule has 0 bridgehead atoms. The number of benzene rings is 2. The van der Waals surface area contributed by atoms with E-state index in [2.05, 4.69) is 10.3 Å². The minimum absolute atomic E-state index is 0.0315. The molecule has 162 valence electrons. The maximum Gasteiger partial charge on any atom is 0.248 e. The number of hydrogen-bond donors (Lipinski definition) is 1. The van der Waals surface area contributed by atoms with Crippen LogP contribution in [-0.2, 0) is 21.4 Å². The quantitative estimate of drug-likeness (QED) is 0.518. The minimum Gasteiger partial charge on any atom is -0.487 e. The van der Waals surface area contributed by atoms with Crippen LogP contribution in [-0.4, -0.2) is 37.7 Å². The van der Waals surface area contributed by atoms with E-state index in [-0.39, 0.29) is 10.6 Å². The molecule has 0 saturated heterocycles. The Morgan fingerprint density at radius 1 is 1.16 bits per heavy atom. The van der Waals surface area contributed by atoms with Gasteiger partial charge in [0.05, 0.1) is 16.4 Å². The first-order valence-corrected chi connectivity index (χ1v) is 11.7. The van der Waals surface area contributed by atoms with Gasteiger partial charge in [0.2, 0.25) is 15.9 Å². The number of aryl methyl sites for hydroxylation is 1. The summed E-state index contributed by atoms with van der Waals surface area (Å²) < 4.78 is 31.9. The van der Waals surface area contributed by atoms with Gasteiger partial charge in [-0.1, -0.05) is 30.3 Å². The summed E-state index contributed by atoms with van der Waals surface area (Å²) in [6, 6.07) is 13.6. The average molecular weight is 458 g/mol. The summed E-state index contributed by atoms with van der Waals surface area (Å²) >= 11 is 1.56. The molecule has 1 N–H and O–H groups in total. The molecule has 0 spiro atoms. The van der Waals surface area contributed by atoms with Crippen LogP contribution in [0.25, 0.3) is 6.08 Å². The normalized spacial score (nSPS) is 11.7. The number of nitrogens with one attached hydrogen (secondary N) is 1. The van der Waals surface area contributed by atoms with Gasteiger partial charge < -0.3 is 10.1 Å². The summed E-state index contributed by atoms with van der Waals surface area (Å²) in [5.74, 6) is 0.166. The van der Waals surface area contributed by atoms with E-state index in [9.17, 15) is 13.2 Å². The van der Waals surface area contributed by atoms with E-state index in [0.29, 0.717) is 12.4 Å². The SMILES string of the molecule is Cc1nc(COc2ccccc2/C=C/C(=O)Nc2ccccc2S(=O)(=O)N(C)C)cs1. The summed E-state index contributed by atoms with van der Waals surface area (Å²) in [4.78, 5) is 16.9. The average Bonchev–Trinajstić information content (AvgIpc) is 3.16. The molecule has 1 aromatic heterocycles. The Kier molecular flexibility index (Phi) is 7.21. The third-order valence-corrected chi connectivity index (χ3v) is 6.97. The first-order chi connectivity index (χ1) is 14.8. The van der Waals surface area contributed by atoms with Crippen LogP contribution in [0.4, 0.5) is 5.69 Å². The zero-order valence-corrected chi connectivity index (χ0v) is 19.0. The molecule has 2 aromatic carbocycles. The van der Waals surface area contributed by atoms with Gasteiger partial charge >= 0.3 is 0 Å². The standard InChI is InChI=1S/C22H23N3O4S2/c1-16-23-18(15-30-16)14-29-20-10-6-4-8-17(20)12-13-22(26)24-19-9-5-7-11-21(19)31(27,28)25(2)3/h4-13,15H,14H2,1-3H3,(H,24,26)/b13-12+. The maximum atomic E-state index is 12.5. The number of para-hydroxylation sites is 2. The van der Waals surface area contributed by atoms with Crippen molar-refractivity contribution in [3.05, 3.63) is 76.3 Å². The molecule has 0 radical (unpaired) electrons. The van der Waals surface area contributed by atoms with E-state index in [0.717, 1.165) is 20.6 Å².